The minimum Gasteiger partial charge on any atom is -0.496 e. The van der Waals surface area contributed by atoms with E-state index in [0.29, 0.717) is 0 Å². The van der Waals surface area contributed by atoms with Crippen LogP contribution in [0.4, 0.5) is 0 Å². The Morgan fingerprint density at radius 3 is 2.60 bits per heavy atom. The standard InChI is InChI=1S/C14H19BrN2O2.ClH/c1-9(17-13(18)14(16)6-3-7-14)10-4-5-12(19-2)11(15)8-10;/h4-5,8-9H,3,6-7,16H2,1-2H3,(H,17,18);1H. The Balaban J connectivity index is 0.00000200. The number of carbonyl (C=O) groups excluding carboxylic acids is 1. The molecule has 112 valence electrons. The topological polar surface area (TPSA) is 64.3 Å². The van der Waals surface area contributed by atoms with E-state index in [-0.39, 0.29) is 24.4 Å². The maximum atomic E-state index is 12.1. The highest BCUT2D eigenvalue weighted by Gasteiger charge is 2.40. The van der Waals surface area contributed by atoms with Gasteiger partial charge in [0.25, 0.3) is 0 Å². The van der Waals surface area contributed by atoms with Crippen molar-refractivity contribution in [2.45, 2.75) is 37.8 Å². The number of nitrogens with one attached hydrogen (secondary N) is 1. The number of rotatable bonds is 4. The van der Waals surface area contributed by atoms with E-state index < -0.39 is 5.54 Å². The SMILES string of the molecule is COc1ccc(C(C)NC(=O)C2(N)CCC2)cc1Br.Cl. The second-order valence-corrected chi connectivity index (χ2v) is 5.95. The van der Waals surface area contributed by atoms with Crippen LogP contribution in [0.2, 0.25) is 0 Å². The van der Waals surface area contributed by atoms with Gasteiger partial charge in [-0.2, -0.15) is 0 Å². The van der Waals surface area contributed by atoms with Gasteiger partial charge in [-0.25, -0.2) is 0 Å². The van der Waals surface area contributed by atoms with Crippen molar-refractivity contribution in [2.75, 3.05) is 7.11 Å². The maximum absolute atomic E-state index is 12.1. The molecule has 1 amide bonds. The lowest BCUT2D eigenvalue weighted by molar-refractivity contribution is -0.129. The van der Waals surface area contributed by atoms with Gasteiger partial charge in [-0.05, 0) is 59.8 Å². The highest BCUT2D eigenvalue weighted by Crippen LogP contribution is 2.31. The summed E-state index contributed by atoms with van der Waals surface area (Å²) in [5.74, 6) is 0.717. The van der Waals surface area contributed by atoms with Crippen molar-refractivity contribution in [2.24, 2.45) is 5.73 Å². The molecule has 0 heterocycles. The van der Waals surface area contributed by atoms with Gasteiger partial charge >= 0.3 is 0 Å². The van der Waals surface area contributed by atoms with Gasteiger partial charge in [0, 0.05) is 0 Å². The molecule has 4 nitrogen and oxygen atoms in total. The summed E-state index contributed by atoms with van der Waals surface area (Å²) in [6.45, 7) is 1.95. The lowest BCUT2D eigenvalue weighted by atomic mass is 9.77. The van der Waals surface area contributed by atoms with Gasteiger partial charge in [-0.15, -0.1) is 12.4 Å². The molecule has 0 saturated heterocycles. The van der Waals surface area contributed by atoms with Gasteiger partial charge in [0.15, 0.2) is 0 Å². The summed E-state index contributed by atoms with van der Waals surface area (Å²) in [5, 5.41) is 2.98. The number of benzene rings is 1. The molecule has 1 fully saturated rings. The molecular weight excluding hydrogens is 344 g/mol. The number of nitrogens with two attached hydrogens (primary N) is 1. The van der Waals surface area contributed by atoms with Crippen LogP contribution in [-0.2, 0) is 4.79 Å². The minimum absolute atomic E-state index is 0. The molecule has 1 aromatic rings. The van der Waals surface area contributed by atoms with Crippen LogP contribution in [0.15, 0.2) is 22.7 Å². The fraction of sp³-hybridized carbons (Fsp3) is 0.500. The van der Waals surface area contributed by atoms with Crippen molar-refractivity contribution in [1.29, 1.82) is 0 Å². The van der Waals surface area contributed by atoms with E-state index >= 15 is 0 Å². The number of hydrogen-bond acceptors (Lipinski definition) is 3. The third kappa shape index (κ3) is 3.45. The smallest absolute Gasteiger partial charge is 0.240 e. The lowest BCUT2D eigenvalue weighted by Gasteiger charge is -2.37. The number of halogens is 2. The number of carbonyl (C=O) groups is 1. The summed E-state index contributed by atoms with van der Waals surface area (Å²) >= 11 is 3.44. The van der Waals surface area contributed by atoms with Crippen LogP contribution in [0.5, 0.6) is 5.75 Å². The van der Waals surface area contributed by atoms with Crippen molar-refractivity contribution in [3.8, 4) is 5.75 Å². The normalized spacial score (nSPS) is 17.4. The molecule has 1 aliphatic carbocycles. The lowest BCUT2D eigenvalue weighted by Crippen LogP contribution is -2.58. The molecule has 1 aliphatic rings. The Labute approximate surface area is 134 Å². The summed E-state index contributed by atoms with van der Waals surface area (Å²) in [7, 11) is 1.62. The molecule has 20 heavy (non-hydrogen) atoms. The predicted molar refractivity (Wildman–Crippen MR) is 85.3 cm³/mol. The average molecular weight is 364 g/mol. The van der Waals surface area contributed by atoms with Crippen LogP contribution >= 0.6 is 28.3 Å². The fourth-order valence-corrected chi connectivity index (χ4v) is 2.72. The summed E-state index contributed by atoms with van der Waals surface area (Å²) < 4.78 is 6.06. The first-order valence-electron chi connectivity index (χ1n) is 6.39. The molecule has 2 rings (SSSR count). The van der Waals surface area contributed by atoms with E-state index in [1.807, 2.05) is 25.1 Å². The zero-order valence-corrected chi connectivity index (χ0v) is 14.0. The molecule has 1 aromatic carbocycles. The zero-order valence-electron chi connectivity index (χ0n) is 11.6. The number of hydrogen-bond donors (Lipinski definition) is 2. The Kier molecular flexibility index (Phi) is 5.86. The maximum Gasteiger partial charge on any atom is 0.240 e. The molecule has 0 aromatic heterocycles. The van der Waals surface area contributed by atoms with Gasteiger partial charge in [0.2, 0.25) is 5.91 Å². The second-order valence-electron chi connectivity index (χ2n) is 5.10. The van der Waals surface area contributed by atoms with Crippen LogP contribution in [0.1, 0.15) is 37.8 Å². The largest absolute Gasteiger partial charge is 0.496 e. The molecule has 0 radical (unpaired) electrons. The van der Waals surface area contributed by atoms with Crippen LogP contribution in [0, 0.1) is 0 Å². The van der Waals surface area contributed by atoms with Gasteiger partial charge in [0.1, 0.15) is 5.75 Å². The van der Waals surface area contributed by atoms with Gasteiger partial charge in [-0.1, -0.05) is 6.07 Å². The highest BCUT2D eigenvalue weighted by atomic mass is 79.9. The quantitative estimate of drug-likeness (QED) is 0.864. The van der Waals surface area contributed by atoms with Crippen LogP contribution in [0.3, 0.4) is 0 Å². The third-order valence-electron chi connectivity index (χ3n) is 3.72. The Morgan fingerprint density at radius 1 is 1.50 bits per heavy atom. The Hall–Kier alpha value is -0.780. The highest BCUT2D eigenvalue weighted by molar-refractivity contribution is 9.10. The molecule has 0 aliphatic heterocycles. The average Bonchev–Trinajstić information content (AvgIpc) is 2.35. The Bertz CT molecular complexity index is 492. The first kappa shape index (κ1) is 17.3. The molecule has 6 heteroatoms. The first-order chi connectivity index (χ1) is 8.96. The van der Waals surface area contributed by atoms with Gasteiger partial charge < -0.3 is 15.8 Å². The molecule has 3 N–H and O–H groups in total. The number of methoxy groups -OCH3 is 1. The van der Waals surface area contributed by atoms with Crippen molar-refractivity contribution in [1.82, 2.24) is 5.32 Å². The summed E-state index contributed by atoms with van der Waals surface area (Å²) in [4.78, 5) is 12.1. The van der Waals surface area contributed by atoms with E-state index in [0.717, 1.165) is 35.0 Å². The third-order valence-corrected chi connectivity index (χ3v) is 4.34. The molecule has 0 bridgehead atoms. The van der Waals surface area contributed by atoms with E-state index in [1.54, 1.807) is 7.11 Å². The predicted octanol–water partition coefficient (Wildman–Crippen LogP) is 2.94. The first-order valence-corrected chi connectivity index (χ1v) is 7.19. The number of ether oxygens (including phenoxy) is 1. The zero-order chi connectivity index (χ0) is 14.0. The van der Waals surface area contributed by atoms with Crippen LogP contribution in [-0.4, -0.2) is 18.6 Å². The van der Waals surface area contributed by atoms with Crippen molar-refractivity contribution in [3.63, 3.8) is 0 Å². The van der Waals surface area contributed by atoms with Crippen LogP contribution < -0.4 is 15.8 Å². The van der Waals surface area contributed by atoms with E-state index in [2.05, 4.69) is 21.2 Å². The molecule has 1 atom stereocenters. The van der Waals surface area contributed by atoms with E-state index in [4.69, 9.17) is 10.5 Å². The van der Waals surface area contributed by atoms with E-state index in [1.165, 1.54) is 0 Å². The van der Waals surface area contributed by atoms with E-state index in [9.17, 15) is 4.79 Å². The minimum atomic E-state index is -0.655. The molecule has 1 saturated carbocycles. The van der Waals surface area contributed by atoms with Crippen molar-refractivity contribution >= 4 is 34.2 Å². The van der Waals surface area contributed by atoms with Crippen LogP contribution in [0.25, 0.3) is 0 Å². The van der Waals surface area contributed by atoms with Gasteiger partial charge in [0.05, 0.1) is 23.2 Å². The number of amides is 1. The molecule has 1 unspecified atom stereocenters. The van der Waals surface area contributed by atoms with Crippen molar-refractivity contribution < 1.29 is 9.53 Å². The second kappa shape index (κ2) is 6.78. The fourth-order valence-electron chi connectivity index (χ4n) is 2.16. The van der Waals surface area contributed by atoms with Gasteiger partial charge in [-0.3, -0.25) is 4.79 Å². The summed E-state index contributed by atoms with van der Waals surface area (Å²) in [6.07, 6.45) is 2.59. The Morgan fingerprint density at radius 2 is 2.15 bits per heavy atom. The monoisotopic (exact) mass is 362 g/mol. The molecule has 0 spiro atoms. The summed E-state index contributed by atoms with van der Waals surface area (Å²) in [6, 6.07) is 5.70. The molecular formula is C14H20BrClN2O2. The summed E-state index contributed by atoms with van der Waals surface area (Å²) in [5.41, 5.74) is 6.37. The van der Waals surface area contributed by atoms with Crippen molar-refractivity contribution in [3.05, 3.63) is 28.2 Å².